The van der Waals surface area contributed by atoms with E-state index in [1.54, 1.807) is 7.11 Å². The van der Waals surface area contributed by atoms with Gasteiger partial charge in [-0.15, -0.1) is 0 Å². The maximum Gasteiger partial charge on any atom is 0.253 e. The maximum atomic E-state index is 13.3. The molecular formula is C25H32N2O3. The van der Waals surface area contributed by atoms with Crippen LogP contribution in [0.1, 0.15) is 40.7 Å². The number of aryl methyl sites for hydroxylation is 1. The molecule has 1 saturated heterocycles. The fourth-order valence-electron chi connectivity index (χ4n) is 5.03. The summed E-state index contributed by atoms with van der Waals surface area (Å²) in [5, 5.41) is 10.3. The molecule has 1 atom stereocenters. The van der Waals surface area contributed by atoms with Gasteiger partial charge in [-0.2, -0.15) is 0 Å². The maximum absolute atomic E-state index is 13.3. The Balaban J connectivity index is 1.52. The summed E-state index contributed by atoms with van der Waals surface area (Å²) >= 11 is 0. The molecule has 2 heterocycles. The Hall–Kier alpha value is -2.53. The predicted octanol–water partition coefficient (Wildman–Crippen LogP) is 3.54. The third kappa shape index (κ3) is 4.17. The zero-order chi connectivity index (χ0) is 21.1. The highest BCUT2D eigenvalue weighted by Crippen LogP contribution is 2.35. The van der Waals surface area contributed by atoms with Crippen LogP contribution < -0.4 is 9.64 Å². The highest BCUT2D eigenvalue weighted by molar-refractivity contribution is 5.95. The molecule has 2 aromatic rings. The molecule has 160 valence electrons. The molecule has 1 fully saturated rings. The van der Waals surface area contributed by atoms with Crippen LogP contribution in [0.5, 0.6) is 5.75 Å². The fourth-order valence-corrected chi connectivity index (χ4v) is 5.03. The first-order chi connectivity index (χ1) is 14.5. The van der Waals surface area contributed by atoms with Crippen LogP contribution in [0.3, 0.4) is 0 Å². The van der Waals surface area contributed by atoms with Crippen molar-refractivity contribution in [3.63, 3.8) is 0 Å². The number of piperidine rings is 1. The Morgan fingerprint density at radius 3 is 2.83 bits per heavy atom. The fraction of sp³-hybridized carbons (Fsp3) is 0.480. The monoisotopic (exact) mass is 408 g/mol. The van der Waals surface area contributed by atoms with Crippen LogP contribution in [0.2, 0.25) is 0 Å². The minimum Gasteiger partial charge on any atom is -0.497 e. The second-order valence-electron chi connectivity index (χ2n) is 8.89. The highest BCUT2D eigenvalue weighted by atomic mass is 16.5. The van der Waals surface area contributed by atoms with Crippen LogP contribution in [0.25, 0.3) is 0 Å². The van der Waals surface area contributed by atoms with Crippen molar-refractivity contribution in [3.8, 4) is 5.75 Å². The van der Waals surface area contributed by atoms with Crippen LogP contribution in [0, 0.1) is 5.41 Å². The van der Waals surface area contributed by atoms with E-state index in [0.29, 0.717) is 6.54 Å². The lowest BCUT2D eigenvalue weighted by atomic mass is 9.75. The largest absolute Gasteiger partial charge is 0.497 e. The molecule has 0 bridgehead atoms. The van der Waals surface area contributed by atoms with Crippen molar-refractivity contribution in [1.29, 1.82) is 0 Å². The lowest BCUT2D eigenvalue weighted by Gasteiger charge is -2.42. The van der Waals surface area contributed by atoms with Crippen molar-refractivity contribution in [2.75, 3.05) is 45.3 Å². The second kappa shape index (κ2) is 8.68. The van der Waals surface area contributed by atoms with Crippen LogP contribution in [0.4, 0.5) is 5.69 Å². The van der Waals surface area contributed by atoms with E-state index >= 15 is 0 Å². The predicted molar refractivity (Wildman–Crippen MR) is 119 cm³/mol. The Kier molecular flexibility index (Phi) is 6.00. The van der Waals surface area contributed by atoms with E-state index in [4.69, 9.17) is 4.74 Å². The summed E-state index contributed by atoms with van der Waals surface area (Å²) in [6, 6.07) is 14.1. The average Bonchev–Trinajstić information content (AvgIpc) is 2.79. The number of amides is 1. The van der Waals surface area contributed by atoms with E-state index < -0.39 is 0 Å². The number of nitrogens with zero attached hydrogens (tertiary/aromatic N) is 2. The average molecular weight is 409 g/mol. The van der Waals surface area contributed by atoms with Crippen molar-refractivity contribution in [2.45, 2.75) is 32.1 Å². The van der Waals surface area contributed by atoms with Gasteiger partial charge in [-0.3, -0.25) is 4.79 Å². The van der Waals surface area contributed by atoms with Crippen LogP contribution in [-0.2, 0) is 12.8 Å². The Morgan fingerprint density at radius 1 is 1.17 bits per heavy atom. The summed E-state index contributed by atoms with van der Waals surface area (Å²) < 4.78 is 5.35. The summed E-state index contributed by atoms with van der Waals surface area (Å²) in [6.45, 7) is 2.46. The van der Waals surface area contributed by atoms with E-state index in [9.17, 15) is 9.90 Å². The number of likely N-dealkylation sites (tertiary alicyclic amines) is 1. The molecular weight excluding hydrogens is 376 g/mol. The zero-order valence-corrected chi connectivity index (χ0v) is 18.1. The number of anilines is 1. The minimum absolute atomic E-state index is 0.0724. The molecule has 5 nitrogen and oxygen atoms in total. The van der Waals surface area contributed by atoms with Crippen molar-refractivity contribution in [3.05, 3.63) is 59.2 Å². The number of ether oxygens (including phenoxy) is 1. The molecule has 2 aliphatic rings. The molecule has 0 unspecified atom stereocenters. The molecule has 1 amide bonds. The topological polar surface area (TPSA) is 53.0 Å². The van der Waals surface area contributed by atoms with Gasteiger partial charge < -0.3 is 19.6 Å². The molecule has 0 aliphatic carbocycles. The summed E-state index contributed by atoms with van der Waals surface area (Å²) in [6.07, 6.45) is 4.71. The van der Waals surface area contributed by atoms with Crippen molar-refractivity contribution >= 4 is 11.6 Å². The summed E-state index contributed by atoms with van der Waals surface area (Å²) in [7, 11) is 3.77. The Bertz CT molecular complexity index is 913. The number of fused-ring (bicyclic) bond motifs is 1. The molecule has 0 spiro atoms. The Morgan fingerprint density at radius 2 is 2.03 bits per heavy atom. The van der Waals surface area contributed by atoms with Gasteiger partial charge in [-0.25, -0.2) is 0 Å². The Labute approximate surface area is 179 Å². The number of carbonyl (C=O) groups is 1. The minimum atomic E-state index is -0.311. The summed E-state index contributed by atoms with van der Waals surface area (Å²) in [4.78, 5) is 17.5. The van der Waals surface area contributed by atoms with Gasteiger partial charge in [-0.1, -0.05) is 12.1 Å². The highest BCUT2D eigenvalue weighted by Gasteiger charge is 2.37. The van der Waals surface area contributed by atoms with E-state index in [-0.39, 0.29) is 17.9 Å². The quantitative estimate of drug-likeness (QED) is 0.822. The van der Waals surface area contributed by atoms with Gasteiger partial charge in [0, 0.05) is 43.3 Å². The SMILES string of the molecule is COc1cccc(C[C@@]2(CO)CCCN(C(=O)c3ccc4c(c3)CCCN4C)C2)c1. The first-order valence-corrected chi connectivity index (χ1v) is 10.9. The van der Waals surface area contributed by atoms with E-state index in [2.05, 4.69) is 30.1 Å². The second-order valence-corrected chi connectivity index (χ2v) is 8.89. The number of methoxy groups -OCH3 is 1. The van der Waals surface area contributed by atoms with E-state index in [1.807, 2.05) is 29.2 Å². The first kappa shape index (κ1) is 20.7. The summed E-state index contributed by atoms with van der Waals surface area (Å²) in [5.74, 6) is 0.901. The third-order valence-corrected chi connectivity index (χ3v) is 6.67. The van der Waals surface area contributed by atoms with Gasteiger partial charge >= 0.3 is 0 Å². The standard InChI is InChI=1S/C25H32N2O3/c1-26-12-4-7-20-15-21(9-10-23(20)26)24(29)27-13-5-11-25(17-27,18-28)16-19-6-3-8-22(14-19)30-2/h3,6,8-10,14-15,28H,4-5,7,11-13,16-18H2,1-2H3/t25-/m0/s1. The molecule has 4 rings (SSSR count). The lowest BCUT2D eigenvalue weighted by molar-refractivity contribution is 0.0271. The van der Waals surface area contributed by atoms with Gasteiger partial charge in [0.25, 0.3) is 5.91 Å². The first-order valence-electron chi connectivity index (χ1n) is 10.9. The van der Waals surface area contributed by atoms with Crippen LogP contribution >= 0.6 is 0 Å². The lowest BCUT2D eigenvalue weighted by Crippen LogP contribution is -2.49. The number of aliphatic hydroxyl groups is 1. The van der Waals surface area contributed by atoms with Crippen LogP contribution in [-0.4, -0.2) is 56.3 Å². The number of hydrogen-bond acceptors (Lipinski definition) is 4. The number of benzene rings is 2. The van der Waals surface area contributed by atoms with Gasteiger partial charge in [0.2, 0.25) is 0 Å². The van der Waals surface area contributed by atoms with Gasteiger partial charge in [-0.05, 0) is 73.6 Å². The van der Waals surface area contributed by atoms with Crippen LogP contribution in [0.15, 0.2) is 42.5 Å². The van der Waals surface area contributed by atoms with Gasteiger partial charge in [0.15, 0.2) is 0 Å². The molecule has 0 radical (unpaired) electrons. The van der Waals surface area contributed by atoms with E-state index in [0.717, 1.165) is 62.1 Å². The van der Waals surface area contributed by atoms with Gasteiger partial charge in [0.1, 0.15) is 5.75 Å². The molecule has 5 heteroatoms. The molecule has 0 aromatic heterocycles. The van der Waals surface area contributed by atoms with Crippen molar-refractivity contribution in [2.24, 2.45) is 5.41 Å². The number of aliphatic hydroxyl groups excluding tert-OH is 1. The molecule has 30 heavy (non-hydrogen) atoms. The molecule has 0 saturated carbocycles. The normalized spacial score (nSPS) is 21.3. The third-order valence-electron chi connectivity index (χ3n) is 6.67. The number of rotatable bonds is 5. The van der Waals surface area contributed by atoms with E-state index in [1.165, 1.54) is 11.3 Å². The van der Waals surface area contributed by atoms with Gasteiger partial charge in [0.05, 0.1) is 13.7 Å². The molecule has 2 aromatic carbocycles. The summed E-state index contributed by atoms with van der Waals surface area (Å²) in [5.41, 5.74) is 4.08. The smallest absolute Gasteiger partial charge is 0.253 e. The molecule has 2 aliphatic heterocycles. The van der Waals surface area contributed by atoms with Crippen molar-refractivity contribution in [1.82, 2.24) is 4.90 Å². The zero-order valence-electron chi connectivity index (χ0n) is 18.1. The number of carbonyl (C=O) groups excluding carboxylic acids is 1. The molecule has 1 N–H and O–H groups in total. The van der Waals surface area contributed by atoms with Crippen molar-refractivity contribution < 1.29 is 14.6 Å². The number of hydrogen-bond donors (Lipinski definition) is 1.